The zero-order valence-corrected chi connectivity index (χ0v) is 15.6. The Bertz CT molecular complexity index is 1010. The molecule has 1 fully saturated rings. The first kappa shape index (κ1) is 18.3. The van der Waals surface area contributed by atoms with Gasteiger partial charge in [-0.3, -0.25) is 9.36 Å². The number of hydrogen-bond acceptors (Lipinski definition) is 7. The quantitative estimate of drug-likeness (QED) is 0.538. The summed E-state index contributed by atoms with van der Waals surface area (Å²) in [6.45, 7) is -0.144. The Hall–Kier alpha value is -2.11. The summed E-state index contributed by atoms with van der Waals surface area (Å²) in [6.07, 6.45) is -0.764. The van der Waals surface area contributed by atoms with Crippen molar-refractivity contribution in [3.8, 4) is 0 Å². The zero-order valence-electron chi connectivity index (χ0n) is 14.0. The molecule has 2 aromatic heterocycles. The van der Waals surface area contributed by atoms with Crippen LogP contribution < -0.4 is 5.56 Å². The van der Waals surface area contributed by atoms with Gasteiger partial charge in [0.15, 0.2) is 17.4 Å². The van der Waals surface area contributed by atoms with Crippen LogP contribution in [-0.2, 0) is 16.1 Å². The topological polar surface area (TPSA) is 122 Å². The Labute approximate surface area is 161 Å². The molecular formula is C17H17BrN4O5. The minimum Gasteiger partial charge on any atom is -0.394 e. The molecular weight excluding hydrogens is 420 g/mol. The highest BCUT2D eigenvalue weighted by atomic mass is 79.9. The van der Waals surface area contributed by atoms with E-state index in [-0.39, 0.29) is 24.3 Å². The maximum absolute atomic E-state index is 11.9. The van der Waals surface area contributed by atoms with Crippen LogP contribution in [0.5, 0.6) is 0 Å². The van der Waals surface area contributed by atoms with Crippen molar-refractivity contribution in [3.05, 3.63) is 57.3 Å². The Morgan fingerprint density at radius 3 is 2.93 bits per heavy atom. The maximum Gasteiger partial charge on any atom is 0.278 e. The highest BCUT2D eigenvalue weighted by molar-refractivity contribution is 9.10. The lowest BCUT2D eigenvalue weighted by Crippen LogP contribution is -2.35. The van der Waals surface area contributed by atoms with Gasteiger partial charge in [-0.2, -0.15) is 0 Å². The predicted octanol–water partition coefficient (Wildman–Crippen LogP) is 0.718. The van der Waals surface area contributed by atoms with Gasteiger partial charge in [-0.05, 0) is 11.6 Å². The minimum absolute atomic E-state index is 0.160. The van der Waals surface area contributed by atoms with Gasteiger partial charge in [0.1, 0.15) is 18.3 Å². The first-order valence-corrected chi connectivity index (χ1v) is 9.09. The van der Waals surface area contributed by atoms with Crippen LogP contribution in [0, 0.1) is 0 Å². The van der Waals surface area contributed by atoms with Crippen molar-refractivity contribution in [2.24, 2.45) is 0 Å². The number of halogens is 1. The lowest BCUT2D eigenvalue weighted by atomic mass is 10.1. The second-order valence-electron chi connectivity index (χ2n) is 6.16. The average Bonchev–Trinajstić information content (AvgIpc) is 3.23. The van der Waals surface area contributed by atoms with Crippen molar-refractivity contribution < 1.29 is 19.7 Å². The fourth-order valence-electron chi connectivity index (χ4n) is 3.12. The van der Waals surface area contributed by atoms with Crippen LogP contribution in [0.2, 0.25) is 0 Å². The van der Waals surface area contributed by atoms with E-state index in [1.165, 1.54) is 17.2 Å². The number of nitrogens with zero attached hydrogens (tertiary/aromatic N) is 3. The molecule has 1 aliphatic heterocycles. The molecule has 3 heterocycles. The van der Waals surface area contributed by atoms with Crippen molar-refractivity contribution in [2.45, 2.75) is 31.1 Å². The number of H-pyrrole nitrogens is 1. The number of aliphatic hydroxyl groups is 2. The highest BCUT2D eigenvalue weighted by Crippen LogP contribution is 2.34. The minimum atomic E-state index is -1.05. The predicted molar refractivity (Wildman–Crippen MR) is 97.9 cm³/mol. The standard InChI is InChI=1S/C17H17BrN4O5/c18-10-4-2-1-3-9(10)6-26-14-13(24)11(5-23)27-17(14)22-8-21-12-15(22)19-7-20-16(12)25/h1-4,7-8,11,13-14,17,23-24H,5-6H2,(H,19,20,25)/t11-,13-,14-,17-/m1/s1. The number of ether oxygens (including phenoxy) is 2. The van der Waals surface area contributed by atoms with Gasteiger partial charge in [-0.15, -0.1) is 0 Å². The molecule has 1 saturated heterocycles. The van der Waals surface area contributed by atoms with Gasteiger partial charge in [-0.25, -0.2) is 9.97 Å². The monoisotopic (exact) mass is 436 g/mol. The van der Waals surface area contributed by atoms with E-state index in [1.807, 2.05) is 24.3 Å². The molecule has 10 heteroatoms. The van der Waals surface area contributed by atoms with E-state index in [0.29, 0.717) is 5.65 Å². The molecule has 0 bridgehead atoms. The van der Waals surface area contributed by atoms with Gasteiger partial charge in [0, 0.05) is 4.47 Å². The average molecular weight is 437 g/mol. The molecule has 4 atom stereocenters. The van der Waals surface area contributed by atoms with Crippen LogP contribution in [0.25, 0.3) is 11.2 Å². The van der Waals surface area contributed by atoms with E-state index in [0.717, 1.165) is 10.0 Å². The SMILES string of the molecule is O=c1[nH]cnc2c1ncn2[C@@H]1O[C@H](CO)[C@@H](O)[C@H]1OCc1ccccc1Br. The van der Waals surface area contributed by atoms with Crippen molar-refractivity contribution in [1.29, 1.82) is 0 Å². The van der Waals surface area contributed by atoms with E-state index in [4.69, 9.17) is 9.47 Å². The Kier molecular flexibility index (Phi) is 5.06. The first-order valence-electron chi connectivity index (χ1n) is 8.29. The highest BCUT2D eigenvalue weighted by Gasteiger charge is 2.46. The summed E-state index contributed by atoms with van der Waals surface area (Å²) in [4.78, 5) is 22.6. The summed E-state index contributed by atoms with van der Waals surface area (Å²) < 4.78 is 14.2. The Morgan fingerprint density at radius 1 is 1.33 bits per heavy atom. The fourth-order valence-corrected chi connectivity index (χ4v) is 3.52. The number of fused-ring (bicyclic) bond motifs is 1. The van der Waals surface area contributed by atoms with E-state index >= 15 is 0 Å². The second-order valence-corrected chi connectivity index (χ2v) is 7.02. The van der Waals surface area contributed by atoms with E-state index in [1.54, 1.807) is 0 Å². The summed E-state index contributed by atoms with van der Waals surface area (Å²) in [5.41, 5.74) is 0.999. The van der Waals surface area contributed by atoms with Crippen LogP contribution in [0.4, 0.5) is 0 Å². The van der Waals surface area contributed by atoms with Gasteiger partial charge in [0.25, 0.3) is 5.56 Å². The largest absolute Gasteiger partial charge is 0.394 e. The number of aliphatic hydroxyl groups excluding tert-OH is 2. The number of hydrogen-bond donors (Lipinski definition) is 3. The molecule has 0 unspecified atom stereocenters. The van der Waals surface area contributed by atoms with Gasteiger partial charge in [-0.1, -0.05) is 34.1 Å². The molecule has 1 aromatic carbocycles. The van der Waals surface area contributed by atoms with Gasteiger partial charge in [0.05, 0.1) is 25.9 Å². The van der Waals surface area contributed by atoms with Crippen molar-refractivity contribution >= 4 is 27.1 Å². The summed E-state index contributed by atoms with van der Waals surface area (Å²) in [5, 5.41) is 20.1. The van der Waals surface area contributed by atoms with E-state index < -0.39 is 24.5 Å². The number of aromatic nitrogens is 4. The summed E-state index contributed by atoms with van der Waals surface area (Å²) >= 11 is 3.46. The molecule has 0 amide bonds. The van der Waals surface area contributed by atoms with Crippen LogP contribution in [0.3, 0.4) is 0 Å². The number of imidazole rings is 1. The molecule has 0 radical (unpaired) electrons. The van der Waals surface area contributed by atoms with E-state index in [9.17, 15) is 15.0 Å². The van der Waals surface area contributed by atoms with E-state index in [2.05, 4.69) is 30.9 Å². The first-order chi connectivity index (χ1) is 13.1. The zero-order chi connectivity index (χ0) is 19.0. The van der Waals surface area contributed by atoms with Crippen LogP contribution in [-0.4, -0.2) is 54.7 Å². The number of nitrogens with one attached hydrogen (secondary N) is 1. The maximum atomic E-state index is 11.9. The molecule has 9 nitrogen and oxygen atoms in total. The third kappa shape index (κ3) is 3.30. The van der Waals surface area contributed by atoms with Crippen molar-refractivity contribution in [3.63, 3.8) is 0 Å². The van der Waals surface area contributed by atoms with Crippen LogP contribution >= 0.6 is 15.9 Å². The lowest BCUT2D eigenvalue weighted by Gasteiger charge is -2.22. The third-order valence-corrected chi connectivity index (χ3v) is 5.29. The molecule has 0 aliphatic carbocycles. The van der Waals surface area contributed by atoms with Gasteiger partial charge < -0.3 is 24.7 Å². The molecule has 0 spiro atoms. The molecule has 3 N–H and O–H groups in total. The van der Waals surface area contributed by atoms with Crippen molar-refractivity contribution in [1.82, 2.24) is 19.5 Å². The number of benzene rings is 1. The molecule has 0 saturated carbocycles. The third-order valence-electron chi connectivity index (χ3n) is 4.52. The Balaban J connectivity index is 1.65. The molecule has 4 rings (SSSR count). The molecule has 1 aliphatic rings. The van der Waals surface area contributed by atoms with Gasteiger partial charge in [0.2, 0.25) is 0 Å². The summed E-state index contributed by atoms with van der Waals surface area (Å²) in [5.74, 6) is 0. The Morgan fingerprint density at radius 2 is 2.15 bits per heavy atom. The number of aromatic amines is 1. The fraction of sp³-hybridized carbons (Fsp3) is 0.353. The van der Waals surface area contributed by atoms with Crippen LogP contribution in [0.1, 0.15) is 11.8 Å². The smallest absolute Gasteiger partial charge is 0.278 e. The summed E-state index contributed by atoms with van der Waals surface area (Å²) in [7, 11) is 0. The molecule has 3 aromatic rings. The lowest BCUT2D eigenvalue weighted by molar-refractivity contribution is -0.0762. The van der Waals surface area contributed by atoms with Crippen LogP contribution in [0.15, 0.2) is 46.2 Å². The number of rotatable bonds is 5. The molecule has 142 valence electrons. The second kappa shape index (κ2) is 7.49. The molecule has 27 heavy (non-hydrogen) atoms. The van der Waals surface area contributed by atoms with Crippen molar-refractivity contribution in [2.75, 3.05) is 6.61 Å². The van der Waals surface area contributed by atoms with Gasteiger partial charge >= 0.3 is 0 Å². The summed E-state index contributed by atoms with van der Waals surface area (Å²) in [6, 6.07) is 7.58. The normalized spacial score (nSPS) is 25.3.